The second kappa shape index (κ2) is 5.91. The second-order valence-electron chi connectivity index (χ2n) is 3.91. The average molecular weight is 342 g/mol. The molecule has 1 aromatic heterocycles. The van der Waals surface area contributed by atoms with Crippen LogP contribution in [0.2, 0.25) is 0 Å². The average Bonchev–Trinajstić information content (AvgIpc) is 2.89. The van der Waals surface area contributed by atoms with Gasteiger partial charge in [0.05, 0.1) is 31.4 Å². The van der Waals surface area contributed by atoms with E-state index in [0.29, 0.717) is 18.0 Å². The molecule has 0 aliphatic heterocycles. The third-order valence-electron chi connectivity index (χ3n) is 2.64. The summed E-state index contributed by atoms with van der Waals surface area (Å²) in [6, 6.07) is 3.58. The van der Waals surface area contributed by atoms with E-state index in [1.807, 2.05) is 0 Å². The fourth-order valence-electron chi connectivity index (χ4n) is 1.70. The predicted octanol–water partition coefficient (Wildman–Crippen LogP) is 1.80. The van der Waals surface area contributed by atoms with Gasteiger partial charge in [0.2, 0.25) is 0 Å². The van der Waals surface area contributed by atoms with Gasteiger partial charge in [-0.2, -0.15) is 0 Å². The lowest BCUT2D eigenvalue weighted by molar-refractivity contribution is 0.0690. The Balaban J connectivity index is 2.33. The van der Waals surface area contributed by atoms with Crippen molar-refractivity contribution < 1.29 is 19.4 Å². The first-order valence-electron chi connectivity index (χ1n) is 5.59. The maximum absolute atomic E-state index is 10.8. The third kappa shape index (κ3) is 2.90. The van der Waals surface area contributed by atoms with Gasteiger partial charge in [0.15, 0.2) is 5.69 Å². The molecule has 0 spiro atoms. The van der Waals surface area contributed by atoms with Crippen LogP contribution < -0.4 is 9.47 Å². The Labute approximate surface area is 123 Å². The molecule has 0 saturated carbocycles. The molecule has 0 atom stereocenters. The number of halogens is 1. The van der Waals surface area contributed by atoms with Crippen molar-refractivity contribution in [2.24, 2.45) is 0 Å². The highest BCUT2D eigenvalue weighted by Gasteiger charge is 2.13. The van der Waals surface area contributed by atoms with Crippen LogP contribution in [0.1, 0.15) is 16.1 Å². The van der Waals surface area contributed by atoms with Crippen molar-refractivity contribution in [2.45, 2.75) is 6.54 Å². The summed E-state index contributed by atoms with van der Waals surface area (Å²) in [6.07, 6.45) is 1.36. The predicted molar refractivity (Wildman–Crippen MR) is 73.3 cm³/mol. The van der Waals surface area contributed by atoms with Crippen LogP contribution >= 0.6 is 15.9 Å². The zero-order valence-corrected chi connectivity index (χ0v) is 12.4. The van der Waals surface area contributed by atoms with Crippen molar-refractivity contribution in [2.75, 3.05) is 14.2 Å². The van der Waals surface area contributed by atoms with Crippen molar-refractivity contribution in [1.29, 1.82) is 0 Å². The minimum absolute atomic E-state index is 0.104. The zero-order chi connectivity index (χ0) is 14.7. The van der Waals surface area contributed by atoms with E-state index in [1.165, 1.54) is 10.9 Å². The molecular weight excluding hydrogens is 330 g/mol. The molecule has 1 N–H and O–H groups in total. The van der Waals surface area contributed by atoms with E-state index in [1.54, 1.807) is 26.4 Å². The minimum Gasteiger partial charge on any atom is -0.496 e. The van der Waals surface area contributed by atoms with Crippen LogP contribution in [0.4, 0.5) is 0 Å². The summed E-state index contributed by atoms with van der Waals surface area (Å²) in [5, 5.41) is 16.1. The summed E-state index contributed by atoms with van der Waals surface area (Å²) in [5.41, 5.74) is 0.697. The quantitative estimate of drug-likeness (QED) is 0.892. The molecule has 106 valence electrons. The number of methoxy groups -OCH3 is 2. The summed E-state index contributed by atoms with van der Waals surface area (Å²) < 4.78 is 12.7. The van der Waals surface area contributed by atoms with Crippen LogP contribution in [0, 0.1) is 0 Å². The molecule has 0 aliphatic carbocycles. The Kier molecular flexibility index (Phi) is 4.23. The molecule has 0 amide bonds. The third-order valence-corrected chi connectivity index (χ3v) is 3.26. The highest BCUT2D eigenvalue weighted by Crippen LogP contribution is 2.33. The van der Waals surface area contributed by atoms with E-state index in [9.17, 15) is 4.79 Å². The van der Waals surface area contributed by atoms with Gasteiger partial charge in [-0.05, 0) is 28.1 Å². The summed E-state index contributed by atoms with van der Waals surface area (Å²) in [7, 11) is 3.12. The largest absolute Gasteiger partial charge is 0.496 e. The number of rotatable bonds is 5. The van der Waals surface area contributed by atoms with Crippen LogP contribution in [0.15, 0.2) is 22.8 Å². The molecule has 2 rings (SSSR count). The van der Waals surface area contributed by atoms with Gasteiger partial charge in [-0.1, -0.05) is 5.21 Å². The summed E-state index contributed by atoms with van der Waals surface area (Å²) in [5.74, 6) is 0.182. The molecule has 20 heavy (non-hydrogen) atoms. The van der Waals surface area contributed by atoms with E-state index < -0.39 is 5.97 Å². The Morgan fingerprint density at radius 1 is 1.35 bits per heavy atom. The number of carboxylic acid groups (broad SMARTS) is 1. The van der Waals surface area contributed by atoms with Crippen molar-refractivity contribution in [3.63, 3.8) is 0 Å². The number of hydrogen-bond acceptors (Lipinski definition) is 5. The van der Waals surface area contributed by atoms with Crippen LogP contribution in [-0.4, -0.2) is 40.3 Å². The monoisotopic (exact) mass is 341 g/mol. The van der Waals surface area contributed by atoms with E-state index in [4.69, 9.17) is 14.6 Å². The topological polar surface area (TPSA) is 86.5 Å². The van der Waals surface area contributed by atoms with Gasteiger partial charge in [0.1, 0.15) is 11.5 Å². The van der Waals surface area contributed by atoms with Crippen LogP contribution in [0.25, 0.3) is 0 Å². The zero-order valence-electron chi connectivity index (χ0n) is 10.8. The molecule has 0 radical (unpaired) electrons. The molecular formula is C12H12BrN3O4. The first kappa shape index (κ1) is 14.3. The Hall–Kier alpha value is -2.09. The number of carboxylic acids is 1. The molecule has 1 heterocycles. The van der Waals surface area contributed by atoms with Crippen molar-refractivity contribution in [3.05, 3.63) is 34.1 Å². The fourth-order valence-corrected chi connectivity index (χ4v) is 2.18. The van der Waals surface area contributed by atoms with E-state index in [-0.39, 0.29) is 5.69 Å². The van der Waals surface area contributed by atoms with E-state index in [2.05, 4.69) is 26.2 Å². The molecule has 2 aromatic rings. The van der Waals surface area contributed by atoms with Gasteiger partial charge in [-0.25, -0.2) is 9.48 Å². The Morgan fingerprint density at radius 2 is 2.05 bits per heavy atom. The summed E-state index contributed by atoms with van der Waals surface area (Å²) in [4.78, 5) is 10.8. The lowest BCUT2D eigenvalue weighted by Crippen LogP contribution is -2.03. The number of ether oxygens (including phenoxy) is 2. The number of nitrogens with zero attached hydrogens (tertiary/aromatic N) is 3. The molecule has 0 aliphatic rings. The number of hydrogen-bond donors (Lipinski definition) is 1. The first-order chi connectivity index (χ1) is 9.55. The van der Waals surface area contributed by atoms with Crippen LogP contribution in [-0.2, 0) is 6.54 Å². The lowest BCUT2D eigenvalue weighted by Gasteiger charge is -2.12. The van der Waals surface area contributed by atoms with Gasteiger partial charge in [-0.15, -0.1) is 5.10 Å². The maximum Gasteiger partial charge on any atom is 0.358 e. The summed E-state index contributed by atoms with van der Waals surface area (Å²) >= 11 is 3.37. The minimum atomic E-state index is -1.11. The number of aromatic nitrogens is 3. The number of carbonyl (C=O) groups is 1. The van der Waals surface area contributed by atoms with E-state index in [0.717, 1.165) is 10.0 Å². The van der Waals surface area contributed by atoms with Gasteiger partial charge < -0.3 is 14.6 Å². The number of aromatic carboxylic acids is 1. The van der Waals surface area contributed by atoms with Crippen molar-refractivity contribution >= 4 is 21.9 Å². The van der Waals surface area contributed by atoms with Crippen molar-refractivity contribution in [1.82, 2.24) is 15.0 Å². The first-order valence-corrected chi connectivity index (χ1v) is 6.38. The normalized spacial score (nSPS) is 10.3. The molecule has 1 aromatic carbocycles. The molecule has 7 nitrogen and oxygen atoms in total. The lowest BCUT2D eigenvalue weighted by atomic mass is 10.2. The highest BCUT2D eigenvalue weighted by atomic mass is 79.9. The maximum atomic E-state index is 10.8. The molecule has 0 saturated heterocycles. The van der Waals surface area contributed by atoms with Gasteiger partial charge in [-0.3, -0.25) is 0 Å². The summed E-state index contributed by atoms with van der Waals surface area (Å²) in [6.45, 7) is 0.326. The molecule has 0 bridgehead atoms. The molecule has 0 fully saturated rings. The second-order valence-corrected chi connectivity index (χ2v) is 4.76. The van der Waals surface area contributed by atoms with Crippen LogP contribution in [0.5, 0.6) is 11.5 Å². The van der Waals surface area contributed by atoms with E-state index >= 15 is 0 Å². The highest BCUT2D eigenvalue weighted by molar-refractivity contribution is 9.10. The van der Waals surface area contributed by atoms with Gasteiger partial charge in [0.25, 0.3) is 0 Å². The standard InChI is InChI=1S/C12H12BrN3O4/c1-19-10-4-8(13)11(20-2)3-7(10)5-16-6-9(12(17)18)14-15-16/h3-4,6H,5H2,1-2H3,(H,17,18). The van der Waals surface area contributed by atoms with Crippen LogP contribution in [0.3, 0.4) is 0 Å². The van der Waals surface area contributed by atoms with Crippen molar-refractivity contribution in [3.8, 4) is 11.5 Å². The molecule has 8 heteroatoms. The Bertz CT molecular complexity index is 642. The number of benzene rings is 1. The van der Waals surface area contributed by atoms with Gasteiger partial charge >= 0.3 is 5.97 Å². The van der Waals surface area contributed by atoms with Gasteiger partial charge in [0, 0.05) is 5.56 Å². The molecule has 0 unspecified atom stereocenters. The Morgan fingerprint density at radius 3 is 2.60 bits per heavy atom. The SMILES string of the molecule is COc1cc(Cn2cc(C(=O)O)nn2)c(OC)cc1Br. The smallest absolute Gasteiger partial charge is 0.358 e. The fraction of sp³-hybridized carbons (Fsp3) is 0.250.